The van der Waals surface area contributed by atoms with Gasteiger partial charge in [0.1, 0.15) is 0 Å². The van der Waals surface area contributed by atoms with Gasteiger partial charge in [0.15, 0.2) is 0 Å². The van der Waals surface area contributed by atoms with E-state index in [1.54, 1.807) is 0 Å². The van der Waals surface area contributed by atoms with Crippen LogP contribution in [0, 0.1) is 0 Å². The van der Waals surface area contributed by atoms with E-state index in [0.29, 0.717) is 0 Å². The maximum atomic E-state index is 2.36. The van der Waals surface area contributed by atoms with E-state index in [9.17, 15) is 0 Å². The summed E-state index contributed by atoms with van der Waals surface area (Å²) >= 11 is 0. The summed E-state index contributed by atoms with van der Waals surface area (Å²) in [6.45, 7) is 4.72. The van der Waals surface area contributed by atoms with Crippen molar-refractivity contribution in [1.29, 1.82) is 0 Å². The highest BCUT2D eigenvalue weighted by molar-refractivity contribution is 5.73. The summed E-state index contributed by atoms with van der Waals surface area (Å²) in [5.74, 6) is 0. The molecular formula is C17H18. The standard InChI is InChI=1S/C17H18/c1-17(2)12-11-13-7-3-4-8-14(13)15-9-5-6-10-16(15)17/h3-10H,11-12H2,1-2H3. The Balaban J connectivity index is 2.31. The Morgan fingerprint density at radius 3 is 2.29 bits per heavy atom. The topological polar surface area (TPSA) is 0 Å². The van der Waals surface area contributed by atoms with E-state index in [1.807, 2.05) is 0 Å². The molecule has 0 aliphatic heterocycles. The lowest BCUT2D eigenvalue weighted by Gasteiger charge is -2.25. The van der Waals surface area contributed by atoms with Crippen molar-refractivity contribution < 1.29 is 0 Å². The third-order valence-electron chi connectivity index (χ3n) is 3.98. The van der Waals surface area contributed by atoms with Gasteiger partial charge in [-0.05, 0) is 40.5 Å². The molecule has 0 radical (unpaired) electrons. The molecule has 0 fully saturated rings. The second-order valence-electron chi connectivity index (χ2n) is 5.59. The number of hydrogen-bond donors (Lipinski definition) is 0. The monoisotopic (exact) mass is 222 g/mol. The van der Waals surface area contributed by atoms with Crippen LogP contribution in [0.5, 0.6) is 0 Å². The van der Waals surface area contributed by atoms with Crippen LogP contribution in [0.4, 0.5) is 0 Å². The molecule has 0 nitrogen and oxygen atoms in total. The highest BCUT2D eigenvalue weighted by Crippen LogP contribution is 2.41. The van der Waals surface area contributed by atoms with Gasteiger partial charge in [-0.25, -0.2) is 0 Å². The zero-order chi connectivity index (χ0) is 11.9. The van der Waals surface area contributed by atoms with Crippen molar-refractivity contribution in [2.75, 3.05) is 0 Å². The highest BCUT2D eigenvalue weighted by Gasteiger charge is 2.27. The van der Waals surface area contributed by atoms with Gasteiger partial charge in [0.25, 0.3) is 0 Å². The van der Waals surface area contributed by atoms with Gasteiger partial charge in [-0.1, -0.05) is 62.4 Å². The predicted octanol–water partition coefficient (Wildman–Crippen LogP) is 4.58. The van der Waals surface area contributed by atoms with Gasteiger partial charge in [0.05, 0.1) is 0 Å². The lowest BCUT2D eigenvalue weighted by molar-refractivity contribution is 0.486. The van der Waals surface area contributed by atoms with E-state index in [2.05, 4.69) is 62.4 Å². The molecule has 0 N–H and O–H groups in total. The lowest BCUT2D eigenvalue weighted by atomic mass is 9.79. The summed E-state index contributed by atoms with van der Waals surface area (Å²) in [4.78, 5) is 0. The highest BCUT2D eigenvalue weighted by atomic mass is 14.3. The first kappa shape index (κ1) is 10.6. The molecule has 0 saturated heterocycles. The van der Waals surface area contributed by atoms with Crippen molar-refractivity contribution in [2.24, 2.45) is 0 Å². The molecule has 17 heavy (non-hydrogen) atoms. The number of hydrogen-bond acceptors (Lipinski definition) is 0. The Kier molecular flexibility index (Phi) is 2.32. The summed E-state index contributed by atoms with van der Waals surface area (Å²) in [5, 5.41) is 0. The molecule has 1 aliphatic rings. The second kappa shape index (κ2) is 3.73. The molecule has 0 amide bonds. The normalized spacial score (nSPS) is 16.8. The Bertz CT molecular complexity index is 549. The van der Waals surface area contributed by atoms with Crippen LogP contribution in [0.3, 0.4) is 0 Å². The first-order chi connectivity index (χ1) is 8.18. The molecular weight excluding hydrogens is 204 g/mol. The molecule has 1 aliphatic carbocycles. The quantitative estimate of drug-likeness (QED) is 0.612. The minimum atomic E-state index is 0.273. The molecule has 2 aromatic rings. The molecule has 0 spiro atoms. The van der Waals surface area contributed by atoms with Gasteiger partial charge in [0.2, 0.25) is 0 Å². The first-order valence-electron chi connectivity index (χ1n) is 6.36. The van der Waals surface area contributed by atoms with Crippen molar-refractivity contribution in [3.05, 3.63) is 59.7 Å². The van der Waals surface area contributed by atoms with Crippen molar-refractivity contribution in [3.8, 4) is 11.1 Å². The van der Waals surface area contributed by atoms with Gasteiger partial charge in [0, 0.05) is 0 Å². The maximum absolute atomic E-state index is 2.36. The number of rotatable bonds is 0. The Morgan fingerprint density at radius 1 is 0.824 bits per heavy atom. The van der Waals surface area contributed by atoms with Gasteiger partial charge >= 0.3 is 0 Å². The molecule has 86 valence electrons. The van der Waals surface area contributed by atoms with E-state index in [1.165, 1.54) is 35.1 Å². The van der Waals surface area contributed by atoms with Crippen LogP contribution in [-0.2, 0) is 11.8 Å². The molecule has 0 unspecified atom stereocenters. The van der Waals surface area contributed by atoms with Crippen molar-refractivity contribution >= 4 is 0 Å². The average Bonchev–Trinajstić information content (AvgIpc) is 2.47. The Morgan fingerprint density at radius 2 is 1.47 bits per heavy atom. The van der Waals surface area contributed by atoms with Crippen LogP contribution in [0.1, 0.15) is 31.4 Å². The van der Waals surface area contributed by atoms with Gasteiger partial charge in [-0.2, -0.15) is 0 Å². The number of aryl methyl sites for hydroxylation is 1. The Hall–Kier alpha value is -1.56. The second-order valence-corrected chi connectivity index (χ2v) is 5.59. The summed E-state index contributed by atoms with van der Waals surface area (Å²) < 4.78 is 0. The van der Waals surface area contributed by atoms with Crippen LogP contribution in [-0.4, -0.2) is 0 Å². The average molecular weight is 222 g/mol. The minimum absolute atomic E-state index is 0.273. The smallest absolute Gasteiger partial charge is 0.00942 e. The summed E-state index contributed by atoms with van der Waals surface area (Å²) in [5.41, 5.74) is 6.10. The molecule has 2 aromatic carbocycles. The van der Waals surface area contributed by atoms with Crippen LogP contribution in [0.2, 0.25) is 0 Å². The van der Waals surface area contributed by atoms with Gasteiger partial charge < -0.3 is 0 Å². The maximum Gasteiger partial charge on any atom is -0.00942 e. The summed E-state index contributed by atoms with van der Waals surface area (Å²) in [6, 6.07) is 17.7. The number of fused-ring (bicyclic) bond motifs is 3. The number of benzene rings is 2. The fourth-order valence-electron chi connectivity index (χ4n) is 2.89. The SMILES string of the molecule is CC1(C)CCc2ccccc2-c2ccccc21. The van der Waals surface area contributed by atoms with Gasteiger partial charge in [-0.15, -0.1) is 0 Å². The zero-order valence-electron chi connectivity index (χ0n) is 10.5. The third-order valence-corrected chi connectivity index (χ3v) is 3.98. The van der Waals surface area contributed by atoms with Crippen molar-refractivity contribution in [1.82, 2.24) is 0 Å². The van der Waals surface area contributed by atoms with Crippen LogP contribution in [0.25, 0.3) is 11.1 Å². The van der Waals surface area contributed by atoms with Gasteiger partial charge in [-0.3, -0.25) is 0 Å². The van der Waals surface area contributed by atoms with Crippen LogP contribution in [0.15, 0.2) is 48.5 Å². The fraction of sp³-hybridized carbons (Fsp3) is 0.294. The van der Waals surface area contributed by atoms with Crippen molar-refractivity contribution in [3.63, 3.8) is 0 Å². The molecule has 0 saturated carbocycles. The zero-order valence-corrected chi connectivity index (χ0v) is 10.5. The van der Waals surface area contributed by atoms with Crippen LogP contribution >= 0.6 is 0 Å². The van der Waals surface area contributed by atoms with Crippen molar-refractivity contribution in [2.45, 2.75) is 32.1 Å². The molecule has 0 aromatic heterocycles. The predicted molar refractivity (Wildman–Crippen MR) is 73.2 cm³/mol. The van der Waals surface area contributed by atoms with Crippen LogP contribution < -0.4 is 0 Å². The molecule has 3 rings (SSSR count). The van der Waals surface area contributed by atoms with E-state index in [0.717, 1.165) is 0 Å². The molecule has 0 heterocycles. The molecule has 0 atom stereocenters. The third kappa shape index (κ3) is 1.68. The lowest BCUT2D eigenvalue weighted by Crippen LogP contribution is -2.17. The van der Waals surface area contributed by atoms with E-state index in [-0.39, 0.29) is 5.41 Å². The summed E-state index contributed by atoms with van der Waals surface area (Å²) in [7, 11) is 0. The van der Waals surface area contributed by atoms with E-state index >= 15 is 0 Å². The first-order valence-corrected chi connectivity index (χ1v) is 6.36. The molecule has 0 bridgehead atoms. The fourth-order valence-corrected chi connectivity index (χ4v) is 2.89. The summed E-state index contributed by atoms with van der Waals surface area (Å²) in [6.07, 6.45) is 2.40. The van der Waals surface area contributed by atoms with E-state index in [4.69, 9.17) is 0 Å². The molecule has 0 heteroatoms. The largest absolute Gasteiger partial charge is 0.0620 e. The van der Waals surface area contributed by atoms with E-state index < -0.39 is 0 Å². The Labute approximate surface area is 103 Å². The minimum Gasteiger partial charge on any atom is -0.0620 e.